The van der Waals surface area contributed by atoms with Crippen molar-refractivity contribution in [3.05, 3.63) is 11.2 Å². The van der Waals surface area contributed by atoms with E-state index in [0.29, 0.717) is 17.0 Å². The Morgan fingerprint density at radius 3 is 2.74 bits per heavy atom. The fourth-order valence-electron chi connectivity index (χ4n) is 2.85. The number of nitrogens with one attached hydrogen (secondary N) is 2. The predicted molar refractivity (Wildman–Crippen MR) is 80.9 cm³/mol. The molecule has 1 unspecified atom stereocenters. The first kappa shape index (κ1) is 14.4. The lowest BCUT2D eigenvalue weighted by molar-refractivity contribution is 0.312. The molecule has 2 rings (SSSR count). The summed E-state index contributed by atoms with van der Waals surface area (Å²) in [7, 11) is 1.81. The predicted octanol–water partition coefficient (Wildman–Crippen LogP) is 3.94. The molecule has 0 bridgehead atoms. The minimum Gasteiger partial charge on any atom is -0.366 e. The first-order chi connectivity index (χ1) is 9.24. The van der Waals surface area contributed by atoms with Gasteiger partial charge in [-0.2, -0.15) is 4.98 Å². The Morgan fingerprint density at radius 2 is 2.11 bits per heavy atom. The standard InChI is InChI=1S/C14H23ClN4/c1-3-12(10-7-5-4-6-8-10)18-13-11(15)9-17-14(16-2)19-13/h9-10,12H,3-8H2,1-2H3,(H2,16,17,18,19). The van der Waals surface area contributed by atoms with Gasteiger partial charge in [-0.1, -0.05) is 37.8 Å². The van der Waals surface area contributed by atoms with Crippen LogP contribution in [-0.4, -0.2) is 23.1 Å². The van der Waals surface area contributed by atoms with Gasteiger partial charge in [0.1, 0.15) is 5.02 Å². The normalized spacial score (nSPS) is 18.1. The van der Waals surface area contributed by atoms with Gasteiger partial charge < -0.3 is 10.6 Å². The lowest BCUT2D eigenvalue weighted by Gasteiger charge is -2.30. The van der Waals surface area contributed by atoms with Crippen LogP contribution in [0.1, 0.15) is 45.4 Å². The van der Waals surface area contributed by atoms with Crippen LogP contribution in [0.3, 0.4) is 0 Å². The highest BCUT2D eigenvalue weighted by Crippen LogP contribution is 2.30. The Balaban J connectivity index is 2.08. The molecule has 0 aliphatic heterocycles. The lowest BCUT2D eigenvalue weighted by atomic mass is 9.83. The molecular weight excluding hydrogens is 260 g/mol. The van der Waals surface area contributed by atoms with Gasteiger partial charge in [-0.25, -0.2) is 4.98 Å². The minimum absolute atomic E-state index is 0.456. The van der Waals surface area contributed by atoms with E-state index in [1.165, 1.54) is 32.1 Å². The van der Waals surface area contributed by atoms with Gasteiger partial charge in [0.25, 0.3) is 0 Å². The zero-order valence-electron chi connectivity index (χ0n) is 11.7. The second kappa shape index (κ2) is 6.94. The summed E-state index contributed by atoms with van der Waals surface area (Å²) in [5, 5.41) is 7.05. The first-order valence-corrected chi connectivity index (χ1v) is 7.59. The van der Waals surface area contributed by atoms with Gasteiger partial charge in [0, 0.05) is 13.1 Å². The van der Waals surface area contributed by atoms with Crippen LogP contribution < -0.4 is 10.6 Å². The smallest absolute Gasteiger partial charge is 0.224 e. The maximum atomic E-state index is 6.18. The van der Waals surface area contributed by atoms with Crippen LogP contribution in [0.5, 0.6) is 0 Å². The molecular formula is C14H23ClN4. The summed E-state index contributed by atoms with van der Waals surface area (Å²) < 4.78 is 0. The summed E-state index contributed by atoms with van der Waals surface area (Å²) in [6.07, 6.45) is 9.45. The van der Waals surface area contributed by atoms with Gasteiger partial charge >= 0.3 is 0 Å². The summed E-state index contributed by atoms with van der Waals surface area (Å²) >= 11 is 6.18. The highest BCUT2D eigenvalue weighted by Gasteiger charge is 2.23. The molecule has 0 amide bonds. The van der Waals surface area contributed by atoms with E-state index in [9.17, 15) is 0 Å². The van der Waals surface area contributed by atoms with E-state index in [0.717, 1.165) is 18.2 Å². The van der Waals surface area contributed by atoms with Gasteiger partial charge in [0.15, 0.2) is 5.82 Å². The third-order valence-corrected chi connectivity index (χ3v) is 4.23. The maximum Gasteiger partial charge on any atom is 0.224 e. The molecule has 1 aromatic rings. The summed E-state index contributed by atoms with van der Waals surface area (Å²) in [6.45, 7) is 2.22. The number of rotatable bonds is 5. The monoisotopic (exact) mass is 282 g/mol. The molecule has 0 aromatic carbocycles. The van der Waals surface area contributed by atoms with Crippen LogP contribution >= 0.6 is 11.6 Å². The van der Waals surface area contributed by atoms with Crippen molar-refractivity contribution in [3.8, 4) is 0 Å². The molecule has 0 spiro atoms. The Kier molecular flexibility index (Phi) is 5.25. The highest BCUT2D eigenvalue weighted by atomic mass is 35.5. The number of aromatic nitrogens is 2. The number of halogens is 1. The molecule has 0 radical (unpaired) electrons. The highest BCUT2D eigenvalue weighted by molar-refractivity contribution is 6.32. The average Bonchev–Trinajstić information content (AvgIpc) is 2.47. The third kappa shape index (κ3) is 3.72. The topological polar surface area (TPSA) is 49.8 Å². The summed E-state index contributed by atoms with van der Waals surface area (Å²) in [4.78, 5) is 8.52. The van der Waals surface area contributed by atoms with Gasteiger partial charge in [-0.3, -0.25) is 0 Å². The second-order valence-electron chi connectivity index (χ2n) is 5.20. The number of hydrogen-bond donors (Lipinski definition) is 2. The summed E-state index contributed by atoms with van der Waals surface area (Å²) in [5.41, 5.74) is 0. The van der Waals surface area contributed by atoms with Crippen molar-refractivity contribution in [2.24, 2.45) is 5.92 Å². The van der Waals surface area contributed by atoms with Crippen molar-refractivity contribution in [1.29, 1.82) is 0 Å². The molecule has 106 valence electrons. The van der Waals surface area contributed by atoms with E-state index in [1.807, 2.05) is 7.05 Å². The van der Waals surface area contributed by atoms with E-state index < -0.39 is 0 Å². The molecule has 0 saturated heterocycles. The second-order valence-corrected chi connectivity index (χ2v) is 5.60. The molecule has 1 fully saturated rings. The van der Waals surface area contributed by atoms with Gasteiger partial charge in [0.2, 0.25) is 5.95 Å². The van der Waals surface area contributed by atoms with Gasteiger partial charge in [-0.05, 0) is 25.2 Å². The van der Waals surface area contributed by atoms with Crippen molar-refractivity contribution in [1.82, 2.24) is 9.97 Å². The SMILES string of the molecule is CCC(Nc1nc(NC)ncc1Cl)C1CCCCC1. The molecule has 2 N–H and O–H groups in total. The van der Waals surface area contributed by atoms with Gasteiger partial charge in [0.05, 0.1) is 6.20 Å². The van der Waals surface area contributed by atoms with Crippen LogP contribution in [0.15, 0.2) is 6.20 Å². The lowest BCUT2D eigenvalue weighted by Crippen LogP contribution is -2.30. The van der Waals surface area contributed by atoms with Crippen LogP contribution in [0.25, 0.3) is 0 Å². The van der Waals surface area contributed by atoms with Crippen molar-refractivity contribution in [3.63, 3.8) is 0 Å². The summed E-state index contributed by atoms with van der Waals surface area (Å²) in [6, 6.07) is 0.456. The number of anilines is 2. The molecule has 4 nitrogen and oxygen atoms in total. The molecule has 19 heavy (non-hydrogen) atoms. The Bertz CT molecular complexity index is 404. The van der Waals surface area contributed by atoms with Crippen molar-refractivity contribution < 1.29 is 0 Å². The Hall–Kier alpha value is -1.03. The molecule has 1 aliphatic rings. The fraction of sp³-hybridized carbons (Fsp3) is 0.714. The Labute approximate surface area is 120 Å². The van der Waals surface area contributed by atoms with E-state index >= 15 is 0 Å². The van der Waals surface area contributed by atoms with Crippen LogP contribution in [0, 0.1) is 5.92 Å². The molecule has 1 aromatic heterocycles. The average molecular weight is 283 g/mol. The molecule has 1 heterocycles. The zero-order chi connectivity index (χ0) is 13.7. The van der Waals surface area contributed by atoms with Crippen LogP contribution in [0.2, 0.25) is 5.02 Å². The van der Waals surface area contributed by atoms with Crippen LogP contribution in [-0.2, 0) is 0 Å². The van der Waals surface area contributed by atoms with E-state index in [1.54, 1.807) is 6.20 Å². The van der Waals surface area contributed by atoms with Crippen molar-refractivity contribution >= 4 is 23.4 Å². The quantitative estimate of drug-likeness (QED) is 0.859. The van der Waals surface area contributed by atoms with Gasteiger partial charge in [-0.15, -0.1) is 0 Å². The van der Waals surface area contributed by atoms with E-state index in [4.69, 9.17) is 11.6 Å². The fourth-order valence-corrected chi connectivity index (χ4v) is 3.00. The van der Waals surface area contributed by atoms with Crippen molar-refractivity contribution in [2.45, 2.75) is 51.5 Å². The summed E-state index contributed by atoms with van der Waals surface area (Å²) in [5.74, 6) is 2.09. The van der Waals surface area contributed by atoms with E-state index in [2.05, 4.69) is 27.5 Å². The Morgan fingerprint density at radius 1 is 1.37 bits per heavy atom. The van der Waals surface area contributed by atoms with Crippen LogP contribution in [0.4, 0.5) is 11.8 Å². The number of hydrogen-bond acceptors (Lipinski definition) is 4. The van der Waals surface area contributed by atoms with Crippen molar-refractivity contribution in [2.75, 3.05) is 17.7 Å². The third-order valence-electron chi connectivity index (χ3n) is 3.95. The minimum atomic E-state index is 0.456. The molecule has 1 saturated carbocycles. The first-order valence-electron chi connectivity index (χ1n) is 7.21. The van der Waals surface area contributed by atoms with E-state index in [-0.39, 0.29) is 0 Å². The molecule has 1 atom stereocenters. The molecule has 5 heteroatoms. The number of nitrogens with zero attached hydrogens (tertiary/aromatic N) is 2. The zero-order valence-corrected chi connectivity index (χ0v) is 12.5. The molecule has 1 aliphatic carbocycles. The maximum absolute atomic E-state index is 6.18. The largest absolute Gasteiger partial charge is 0.366 e.